The van der Waals surface area contributed by atoms with Crippen molar-refractivity contribution in [2.24, 2.45) is 5.73 Å². The maximum absolute atomic E-state index is 12.8. The second-order valence-electron chi connectivity index (χ2n) is 6.01. The van der Waals surface area contributed by atoms with Crippen LogP contribution in [0.5, 0.6) is 0 Å². The number of hydrogen-bond acceptors (Lipinski definition) is 4. The molecule has 1 aliphatic rings. The Hall–Kier alpha value is -1.72. The highest BCUT2D eigenvalue weighted by molar-refractivity contribution is 7.13. The normalized spacial score (nSPS) is 21.9. The Balaban J connectivity index is 1.84. The zero-order valence-corrected chi connectivity index (χ0v) is 13.8. The first-order valence-electron chi connectivity index (χ1n) is 7.63. The van der Waals surface area contributed by atoms with E-state index in [9.17, 15) is 4.79 Å². The lowest BCUT2D eigenvalue weighted by molar-refractivity contribution is 0.0619. The fourth-order valence-electron chi connectivity index (χ4n) is 2.95. The van der Waals surface area contributed by atoms with E-state index in [1.807, 2.05) is 41.5 Å². The van der Waals surface area contributed by atoms with Gasteiger partial charge in [0.1, 0.15) is 5.01 Å². The largest absolute Gasteiger partial charge is 0.336 e. The summed E-state index contributed by atoms with van der Waals surface area (Å²) in [6.07, 6.45) is 1.75. The lowest BCUT2D eigenvalue weighted by atomic mass is 9.98. The minimum absolute atomic E-state index is 0.0922. The molecule has 1 fully saturated rings. The summed E-state index contributed by atoms with van der Waals surface area (Å²) >= 11 is 1.61. The molecule has 2 atom stereocenters. The molecule has 2 N–H and O–H groups in total. The first-order chi connectivity index (χ1) is 10.5. The van der Waals surface area contributed by atoms with Crippen molar-refractivity contribution in [3.05, 3.63) is 40.9 Å². The van der Waals surface area contributed by atoms with E-state index < -0.39 is 0 Å². The number of rotatable bonds is 2. The van der Waals surface area contributed by atoms with Crippen LogP contribution in [0.3, 0.4) is 0 Å². The summed E-state index contributed by atoms with van der Waals surface area (Å²) in [6.45, 7) is 4.79. The summed E-state index contributed by atoms with van der Waals surface area (Å²) in [5, 5.41) is 2.98. The zero-order valence-electron chi connectivity index (χ0n) is 13.0. The number of carbonyl (C=O) groups excluding carboxylic acids is 1. The highest BCUT2D eigenvalue weighted by Gasteiger charge is 2.27. The highest BCUT2D eigenvalue weighted by Crippen LogP contribution is 2.26. The minimum atomic E-state index is 0.0922. The molecular weight excluding hydrogens is 294 g/mol. The van der Waals surface area contributed by atoms with E-state index >= 15 is 0 Å². The smallest absolute Gasteiger partial charge is 0.254 e. The number of likely N-dealkylation sites (tertiary alicyclic amines) is 1. The van der Waals surface area contributed by atoms with E-state index in [0.717, 1.165) is 41.2 Å². The Morgan fingerprint density at radius 1 is 1.45 bits per heavy atom. The Kier molecular flexibility index (Phi) is 4.27. The molecular formula is C17H21N3OS. The van der Waals surface area contributed by atoms with Gasteiger partial charge in [0.25, 0.3) is 5.91 Å². The van der Waals surface area contributed by atoms with E-state index in [1.54, 1.807) is 11.3 Å². The Bertz CT molecular complexity index is 682. The molecule has 4 nitrogen and oxygen atoms in total. The average molecular weight is 315 g/mol. The number of aromatic nitrogens is 1. The van der Waals surface area contributed by atoms with Crippen molar-refractivity contribution >= 4 is 17.2 Å². The van der Waals surface area contributed by atoms with Crippen LogP contribution in [-0.2, 0) is 0 Å². The third-order valence-electron chi connectivity index (χ3n) is 4.15. The van der Waals surface area contributed by atoms with Gasteiger partial charge >= 0.3 is 0 Å². The van der Waals surface area contributed by atoms with Gasteiger partial charge in [0.2, 0.25) is 0 Å². The Morgan fingerprint density at radius 2 is 2.27 bits per heavy atom. The van der Waals surface area contributed by atoms with Crippen molar-refractivity contribution < 1.29 is 4.79 Å². The van der Waals surface area contributed by atoms with Crippen LogP contribution in [-0.4, -0.2) is 34.4 Å². The van der Waals surface area contributed by atoms with Crippen LogP contribution < -0.4 is 5.73 Å². The fourth-order valence-corrected chi connectivity index (χ4v) is 3.74. The second-order valence-corrected chi connectivity index (χ2v) is 6.86. The molecule has 116 valence electrons. The molecule has 1 amide bonds. The van der Waals surface area contributed by atoms with E-state index in [-0.39, 0.29) is 18.0 Å². The summed E-state index contributed by atoms with van der Waals surface area (Å²) in [5.74, 6) is 0.0922. The third-order valence-corrected chi connectivity index (χ3v) is 5.16. The molecule has 1 saturated heterocycles. The van der Waals surface area contributed by atoms with Gasteiger partial charge in [-0.3, -0.25) is 4.79 Å². The van der Waals surface area contributed by atoms with Crippen LogP contribution in [0.25, 0.3) is 10.6 Å². The second kappa shape index (κ2) is 6.18. The molecule has 1 aliphatic heterocycles. The molecule has 2 unspecified atom stereocenters. The molecule has 2 aromatic rings. The van der Waals surface area contributed by atoms with Crippen molar-refractivity contribution in [1.29, 1.82) is 0 Å². The lowest BCUT2D eigenvalue weighted by Gasteiger charge is -2.36. The van der Waals surface area contributed by atoms with Gasteiger partial charge in [0, 0.05) is 40.8 Å². The molecule has 0 radical (unpaired) electrons. The predicted octanol–water partition coefficient (Wildman–Crippen LogP) is 3.07. The first-order valence-corrected chi connectivity index (χ1v) is 8.51. The molecule has 0 bridgehead atoms. The topological polar surface area (TPSA) is 59.2 Å². The van der Waals surface area contributed by atoms with Crippen LogP contribution >= 0.6 is 11.3 Å². The Labute approximate surface area is 135 Å². The predicted molar refractivity (Wildman–Crippen MR) is 90.0 cm³/mol. The SMILES string of the molecule is Cc1csc(-c2cccc(C(=O)N3CCC(N)CC3C)c2)n1. The van der Waals surface area contributed by atoms with Crippen LogP contribution in [0.15, 0.2) is 29.6 Å². The third kappa shape index (κ3) is 3.05. The van der Waals surface area contributed by atoms with Gasteiger partial charge < -0.3 is 10.6 Å². The molecule has 0 aliphatic carbocycles. The Morgan fingerprint density at radius 3 is 2.95 bits per heavy atom. The number of hydrogen-bond donors (Lipinski definition) is 1. The quantitative estimate of drug-likeness (QED) is 0.926. The molecule has 3 rings (SSSR count). The summed E-state index contributed by atoms with van der Waals surface area (Å²) < 4.78 is 0. The monoisotopic (exact) mass is 315 g/mol. The maximum atomic E-state index is 12.8. The molecule has 0 saturated carbocycles. The van der Waals surface area contributed by atoms with E-state index in [1.165, 1.54) is 0 Å². The van der Waals surface area contributed by atoms with Gasteiger partial charge in [-0.25, -0.2) is 4.98 Å². The van der Waals surface area contributed by atoms with Gasteiger partial charge in [-0.05, 0) is 38.8 Å². The first kappa shape index (κ1) is 15.2. The summed E-state index contributed by atoms with van der Waals surface area (Å²) in [6, 6.07) is 8.17. The number of carbonyl (C=O) groups is 1. The van der Waals surface area contributed by atoms with Crippen LogP contribution in [0.1, 0.15) is 35.8 Å². The molecule has 22 heavy (non-hydrogen) atoms. The lowest BCUT2D eigenvalue weighted by Crippen LogP contribution is -2.48. The summed E-state index contributed by atoms with van der Waals surface area (Å²) in [7, 11) is 0. The van der Waals surface area contributed by atoms with E-state index in [0.29, 0.717) is 0 Å². The molecule has 1 aromatic carbocycles. The molecule has 2 heterocycles. The van der Waals surface area contributed by atoms with E-state index in [2.05, 4.69) is 11.9 Å². The number of nitrogens with two attached hydrogens (primary N) is 1. The molecule has 1 aromatic heterocycles. The number of aryl methyl sites for hydroxylation is 1. The number of nitrogens with zero attached hydrogens (tertiary/aromatic N) is 2. The fraction of sp³-hybridized carbons (Fsp3) is 0.412. The zero-order chi connectivity index (χ0) is 15.7. The van der Waals surface area contributed by atoms with E-state index in [4.69, 9.17) is 5.73 Å². The number of amides is 1. The van der Waals surface area contributed by atoms with Gasteiger partial charge in [-0.2, -0.15) is 0 Å². The van der Waals surface area contributed by atoms with Crippen LogP contribution in [0.2, 0.25) is 0 Å². The van der Waals surface area contributed by atoms with Crippen molar-refractivity contribution in [1.82, 2.24) is 9.88 Å². The van der Waals surface area contributed by atoms with Crippen LogP contribution in [0, 0.1) is 6.92 Å². The van der Waals surface area contributed by atoms with Gasteiger partial charge in [-0.15, -0.1) is 11.3 Å². The standard InChI is InChI=1S/C17H21N3OS/c1-11-10-22-16(19-11)13-4-3-5-14(9-13)17(21)20-7-6-15(18)8-12(20)2/h3-5,9-10,12,15H,6-8,18H2,1-2H3. The molecule has 0 spiro atoms. The number of thiazole rings is 1. The minimum Gasteiger partial charge on any atom is -0.336 e. The molecule has 5 heteroatoms. The van der Waals surface area contributed by atoms with Crippen molar-refractivity contribution in [2.75, 3.05) is 6.54 Å². The number of benzene rings is 1. The average Bonchev–Trinajstić information content (AvgIpc) is 2.93. The van der Waals surface area contributed by atoms with Gasteiger partial charge in [-0.1, -0.05) is 12.1 Å². The van der Waals surface area contributed by atoms with Crippen molar-refractivity contribution in [3.63, 3.8) is 0 Å². The van der Waals surface area contributed by atoms with Gasteiger partial charge in [0.15, 0.2) is 0 Å². The van der Waals surface area contributed by atoms with Crippen LogP contribution in [0.4, 0.5) is 0 Å². The summed E-state index contributed by atoms with van der Waals surface area (Å²) in [5.41, 5.74) is 8.73. The van der Waals surface area contributed by atoms with Crippen molar-refractivity contribution in [3.8, 4) is 10.6 Å². The van der Waals surface area contributed by atoms with Gasteiger partial charge in [0.05, 0.1) is 0 Å². The highest BCUT2D eigenvalue weighted by atomic mass is 32.1. The maximum Gasteiger partial charge on any atom is 0.254 e. The summed E-state index contributed by atoms with van der Waals surface area (Å²) in [4.78, 5) is 19.2. The number of piperidine rings is 1. The van der Waals surface area contributed by atoms with Crippen molar-refractivity contribution in [2.45, 2.75) is 38.8 Å².